The van der Waals surface area contributed by atoms with Gasteiger partial charge in [-0.05, 0) is 22.9 Å². The monoisotopic (exact) mass is 311 g/mol. The lowest BCUT2D eigenvalue weighted by atomic mass is 10.1. The Kier molecular flexibility index (Phi) is 3.36. The summed E-state index contributed by atoms with van der Waals surface area (Å²) in [7, 11) is 0. The maximum absolute atomic E-state index is 12.6. The van der Waals surface area contributed by atoms with Crippen molar-refractivity contribution in [2.45, 2.75) is 26.0 Å². The molecule has 4 rings (SSSR count). The van der Waals surface area contributed by atoms with Crippen molar-refractivity contribution in [3.63, 3.8) is 0 Å². The standard InChI is InChI=1S/C18H17NO2S/c1-2-13-8-16(20)19(9-12-6-4-3-5-7-12)17-14(15-10-21-15)11-22-18(13)17/h3-8,11,15H,2,9-10H2,1H3. The second-order valence-corrected chi connectivity index (χ2v) is 6.50. The van der Waals surface area contributed by atoms with Crippen LogP contribution in [0.4, 0.5) is 0 Å². The molecule has 0 bridgehead atoms. The van der Waals surface area contributed by atoms with Gasteiger partial charge < -0.3 is 9.30 Å². The van der Waals surface area contributed by atoms with E-state index in [-0.39, 0.29) is 11.7 Å². The smallest absolute Gasteiger partial charge is 0.251 e. The van der Waals surface area contributed by atoms with E-state index in [9.17, 15) is 4.79 Å². The molecule has 1 aromatic carbocycles. The van der Waals surface area contributed by atoms with Gasteiger partial charge in [-0.3, -0.25) is 4.79 Å². The third kappa shape index (κ3) is 2.28. The van der Waals surface area contributed by atoms with Crippen LogP contribution in [0, 0.1) is 0 Å². The molecule has 0 N–H and O–H groups in total. The normalized spacial score (nSPS) is 17.0. The number of benzene rings is 1. The van der Waals surface area contributed by atoms with Crippen LogP contribution in [-0.4, -0.2) is 11.2 Å². The molecule has 1 saturated heterocycles. The molecule has 4 heteroatoms. The Balaban J connectivity index is 1.94. The van der Waals surface area contributed by atoms with Crippen molar-refractivity contribution in [3.05, 3.63) is 68.8 Å². The molecular weight excluding hydrogens is 294 g/mol. The number of ether oxygens (including phenoxy) is 1. The number of aromatic nitrogens is 1. The Labute approximate surface area is 132 Å². The lowest BCUT2D eigenvalue weighted by Crippen LogP contribution is -2.21. The van der Waals surface area contributed by atoms with Crippen LogP contribution in [0.3, 0.4) is 0 Å². The summed E-state index contributed by atoms with van der Waals surface area (Å²) in [6.07, 6.45) is 1.05. The minimum absolute atomic E-state index is 0.0773. The van der Waals surface area contributed by atoms with E-state index in [2.05, 4.69) is 24.4 Å². The molecular formula is C18H17NO2S. The van der Waals surface area contributed by atoms with Gasteiger partial charge in [-0.15, -0.1) is 11.3 Å². The topological polar surface area (TPSA) is 34.5 Å². The first-order valence-electron chi connectivity index (χ1n) is 7.57. The number of nitrogens with zero attached hydrogens (tertiary/aromatic N) is 1. The highest BCUT2D eigenvalue weighted by molar-refractivity contribution is 7.17. The van der Waals surface area contributed by atoms with Crippen LogP contribution in [-0.2, 0) is 17.7 Å². The fourth-order valence-corrected chi connectivity index (χ4v) is 4.12. The molecule has 1 aliphatic rings. The first-order chi connectivity index (χ1) is 10.8. The fraction of sp³-hybridized carbons (Fsp3) is 0.278. The second-order valence-electron chi connectivity index (χ2n) is 5.62. The summed E-state index contributed by atoms with van der Waals surface area (Å²) < 4.78 is 8.60. The number of hydrogen-bond acceptors (Lipinski definition) is 3. The zero-order valence-corrected chi connectivity index (χ0v) is 13.2. The van der Waals surface area contributed by atoms with Crippen LogP contribution < -0.4 is 5.56 Å². The van der Waals surface area contributed by atoms with Crippen LogP contribution in [0.25, 0.3) is 10.2 Å². The van der Waals surface area contributed by atoms with Crippen molar-refractivity contribution in [2.75, 3.05) is 6.61 Å². The van der Waals surface area contributed by atoms with Crippen molar-refractivity contribution < 1.29 is 4.74 Å². The molecule has 1 unspecified atom stereocenters. The predicted octanol–water partition coefficient (Wildman–Crippen LogP) is 3.75. The fourth-order valence-electron chi connectivity index (χ4n) is 2.92. The molecule has 0 aliphatic carbocycles. The molecule has 3 heterocycles. The Morgan fingerprint density at radius 2 is 2.09 bits per heavy atom. The molecule has 0 saturated carbocycles. The maximum atomic E-state index is 12.6. The van der Waals surface area contributed by atoms with E-state index in [1.54, 1.807) is 17.4 Å². The summed E-state index contributed by atoms with van der Waals surface area (Å²) in [6.45, 7) is 3.47. The van der Waals surface area contributed by atoms with Gasteiger partial charge in [-0.1, -0.05) is 37.3 Å². The van der Waals surface area contributed by atoms with Crippen molar-refractivity contribution >= 4 is 21.6 Å². The van der Waals surface area contributed by atoms with Gasteiger partial charge in [-0.2, -0.15) is 0 Å². The summed E-state index contributed by atoms with van der Waals surface area (Å²) in [5.74, 6) is 0. The summed E-state index contributed by atoms with van der Waals surface area (Å²) in [4.78, 5) is 12.6. The van der Waals surface area contributed by atoms with E-state index in [1.165, 1.54) is 10.3 Å². The van der Waals surface area contributed by atoms with E-state index < -0.39 is 0 Å². The molecule has 0 spiro atoms. The lowest BCUT2D eigenvalue weighted by Gasteiger charge is -2.11. The van der Waals surface area contributed by atoms with Crippen LogP contribution in [0.5, 0.6) is 0 Å². The number of aryl methyl sites for hydroxylation is 1. The summed E-state index contributed by atoms with van der Waals surface area (Å²) in [6, 6.07) is 11.9. The summed E-state index contributed by atoms with van der Waals surface area (Å²) >= 11 is 1.73. The Morgan fingerprint density at radius 3 is 2.77 bits per heavy atom. The highest BCUT2D eigenvalue weighted by atomic mass is 32.1. The molecule has 1 aliphatic heterocycles. The largest absolute Gasteiger partial charge is 0.368 e. The van der Waals surface area contributed by atoms with Crippen molar-refractivity contribution in [1.82, 2.24) is 4.57 Å². The molecule has 3 nitrogen and oxygen atoms in total. The minimum Gasteiger partial charge on any atom is -0.368 e. The van der Waals surface area contributed by atoms with Crippen LogP contribution >= 0.6 is 11.3 Å². The number of epoxide rings is 1. The second kappa shape index (κ2) is 5.38. The average molecular weight is 311 g/mol. The Hall–Kier alpha value is -1.91. The van der Waals surface area contributed by atoms with Gasteiger partial charge in [0.05, 0.1) is 23.4 Å². The Morgan fingerprint density at radius 1 is 1.32 bits per heavy atom. The third-order valence-corrected chi connectivity index (χ3v) is 5.23. The zero-order valence-electron chi connectivity index (χ0n) is 12.4. The molecule has 1 fully saturated rings. The molecule has 0 radical (unpaired) electrons. The van der Waals surface area contributed by atoms with Gasteiger partial charge in [0.15, 0.2) is 0 Å². The molecule has 1 atom stereocenters. The van der Waals surface area contributed by atoms with Crippen LogP contribution in [0.1, 0.15) is 29.7 Å². The van der Waals surface area contributed by atoms with E-state index in [4.69, 9.17) is 4.74 Å². The quantitative estimate of drug-likeness (QED) is 0.688. The van der Waals surface area contributed by atoms with Gasteiger partial charge in [-0.25, -0.2) is 0 Å². The first kappa shape index (κ1) is 13.7. The van der Waals surface area contributed by atoms with Gasteiger partial charge in [0, 0.05) is 11.6 Å². The van der Waals surface area contributed by atoms with Gasteiger partial charge >= 0.3 is 0 Å². The van der Waals surface area contributed by atoms with Crippen molar-refractivity contribution in [2.24, 2.45) is 0 Å². The molecule has 0 amide bonds. The maximum Gasteiger partial charge on any atom is 0.251 e. The van der Waals surface area contributed by atoms with E-state index in [1.807, 2.05) is 22.8 Å². The SMILES string of the molecule is CCc1cc(=O)n(Cc2ccccc2)c2c(C3CO3)csc12. The average Bonchev–Trinajstić information content (AvgIpc) is 3.30. The zero-order chi connectivity index (χ0) is 15.1. The third-order valence-electron chi connectivity index (χ3n) is 4.16. The molecule has 22 heavy (non-hydrogen) atoms. The number of pyridine rings is 1. The highest BCUT2D eigenvalue weighted by Gasteiger charge is 2.29. The van der Waals surface area contributed by atoms with E-state index in [0.717, 1.165) is 29.7 Å². The van der Waals surface area contributed by atoms with Crippen molar-refractivity contribution in [1.29, 1.82) is 0 Å². The minimum atomic E-state index is 0.0773. The first-order valence-corrected chi connectivity index (χ1v) is 8.45. The molecule has 112 valence electrons. The van der Waals surface area contributed by atoms with E-state index in [0.29, 0.717) is 6.54 Å². The summed E-state index contributed by atoms with van der Waals surface area (Å²) in [5.41, 5.74) is 4.60. The van der Waals surface area contributed by atoms with Crippen LogP contribution in [0.15, 0.2) is 46.6 Å². The van der Waals surface area contributed by atoms with Gasteiger partial charge in [0.2, 0.25) is 0 Å². The Bertz CT molecular complexity index is 875. The van der Waals surface area contributed by atoms with Crippen LogP contribution in [0.2, 0.25) is 0 Å². The lowest BCUT2D eigenvalue weighted by molar-refractivity contribution is 0.416. The number of hydrogen-bond donors (Lipinski definition) is 0. The summed E-state index contributed by atoms with van der Waals surface area (Å²) in [5, 5.41) is 2.16. The van der Waals surface area contributed by atoms with Gasteiger partial charge in [0.1, 0.15) is 6.10 Å². The molecule has 3 aromatic rings. The number of thiophene rings is 1. The molecule has 2 aromatic heterocycles. The van der Waals surface area contributed by atoms with Crippen molar-refractivity contribution in [3.8, 4) is 0 Å². The predicted molar refractivity (Wildman–Crippen MR) is 89.7 cm³/mol. The number of rotatable bonds is 4. The van der Waals surface area contributed by atoms with E-state index >= 15 is 0 Å². The van der Waals surface area contributed by atoms with Gasteiger partial charge in [0.25, 0.3) is 5.56 Å². The highest BCUT2D eigenvalue weighted by Crippen LogP contribution is 2.39. The number of fused-ring (bicyclic) bond motifs is 1.